The van der Waals surface area contributed by atoms with E-state index in [2.05, 4.69) is 34.7 Å². The van der Waals surface area contributed by atoms with E-state index in [4.69, 9.17) is 14.0 Å². The van der Waals surface area contributed by atoms with Gasteiger partial charge in [-0.25, -0.2) is 4.79 Å². The van der Waals surface area contributed by atoms with Crippen LogP contribution in [0.1, 0.15) is 45.6 Å². The minimum absolute atomic E-state index is 0.392. The fraction of sp³-hybridized carbons (Fsp3) is 0.290. The minimum atomic E-state index is -0.548. The molecule has 5 rings (SSSR count). The fourth-order valence-corrected chi connectivity index (χ4v) is 4.87. The predicted octanol–water partition coefficient (Wildman–Crippen LogP) is 7.13. The van der Waals surface area contributed by atoms with Gasteiger partial charge in [-0.15, -0.1) is 0 Å². The molecule has 4 aromatic rings. The smallest absolute Gasteiger partial charge is 0.408 e. The van der Waals surface area contributed by atoms with E-state index in [1.807, 2.05) is 75.4 Å². The first-order chi connectivity index (χ1) is 17.8. The van der Waals surface area contributed by atoms with Crippen LogP contribution in [0.15, 0.2) is 88.4 Å². The Kier molecular flexibility index (Phi) is 6.50. The Morgan fingerprint density at radius 3 is 2.22 bits per heavy atom. The Labute approximate surface area is 216 Å². The molecule has 0 saturated heterocycles. The Morgan fingerprint density at radius 2 is 1.59 bits per heavy atom. The van der Waals surface area contributed by atoms with E-state index < -0.39 is 17.2 Å². The summed E-state index contributed by atoms with van der Waals surface area (Å²) in [6, 6.07) is 26.1. The van der Waals surface area contributed by atoms with Crippen molar-refractivity contribution in [2.45, 2.75) is 51.2 Å². The average Bonchev–Trinajstić information content (AvgIpc) is 2.86. The largest absolute Gasteiger partial charge is 0.455 e. The molecule has 6 nitrogen and oxygen atoms in total. The van der Waals surface area contributed by atoms with Gasteiger partial charge in [-0.1, -0.05) is 71.9 Å². The minimum Gasteiger partial charge on any atom is -0.455 e. The second-order valence-electron chi connectivity index (χ2n) is 10.4. The van der Waals surface area contributed by atoms with Gasteiger partial charge in [-0.2, -0.15) is 0 Å². The van der Waals surface area contributed by atoms with Gasteiger partial charge in [0.15, 0.2) is 0 Å². The first kappa shape index (κ1) is 24.6. The van der Waals surface area contributed by atoms with Crippen molar-refractivity contribution in [3.8, 4) is 22.5 Å². The van der Waals surface area contributed by atoms with Gasteiger partial charge in [0, 0.05) is 10.9 Å². The van der Waals surface area contributed by atoms with Crippen LogP contribution in [-0.4, -0.2) is 18.8 Å². The van der Waals surface area contributed by atoms with Crippen LogP contribution in [0, 0.1) is 0 Å². The van der Waals surface area contributed by atoms with Crippen molar-refractivity contribution in [1.29, 1.82) is 0 Å². The van der Waals surface area contributed by atoms with Gasteiger partial charge in [0.25, 0.3) is 0 Å². The summed E-state index contributed by atoms with van der Waals surface area (Å²) < 4.78 is 12.0. The third kappa shape index (κ3) is 4.96. The number of nitrogens with zero attached hydrogens (tertiary/aromatic N) is 1. The lowest BCUT2D eigenvalue weighted by Crippen LogP contribution is -2.52. The molecule has 1 heterocycles. The van der Waals surface area contributed by atoms with Gasteiger partial charge in [-0.3, -0.25) is 0 Å². The highest BCUT2D eigenvalue weighted by molar-refractivity contribution is 5.89. The molecule has 0 spiro atoms. The van der Waals surface area contributed by atoms with Crippen LogP contribution in [0.2, 0.25) is 0 Å². The van der Waals surface area contributed by atoms with Crippen molar-refractivity contribution >= 4 is 17.1 Å². The van der Waals surface area contributed by atoms with Crippen molar-refractivity contribution < 1.29 is 18.8 Å². The van der Waals surface area contributed by atoms with E-state index in [0.717, 1.165) is 52.5 Å². The molecule has 37 heavy (non-hydrogen) atoms. The molecular weight excluding hydrogens is 464 g/mol. The quantitative estimate of drug-likeness (QED) is 0.298. The Morgan fingerprint density at radius 1 is 0.919 bits per heavy atom. The van der Waals surface area contributed by atoms with Crippen LogP contribution in [0.4, 0.5) is 4.79 Å². The predicted molar refractivity (Wildman–Crippen MR) is 145 cm³/mol. The third-order valence-electron chi connectivity index (χ3n) is 6.71. The van der Waals surface area contributed by atoms with Gasteiger partial charge < -0.3 is 19.3 Å². The first-order valence-electron chi connectivity index (χ1n) is 12.6. The maximum atomic E-state index is 12.6. The maximum absolute atomic E-state index is 12.6. The molecule has 0 atom stereocenters. The summed E-state index contributed by atoms with van der Waals surface area (Å²) in [4.78, 5) is 17.9. The highest BCUT2D eigenvalue weighted by Crippen LogP contribution is 2.42. The standard InChI is InChI=1S/C31H32N2O4/c1-30(2,3)37-29(34)32-31(19-10-20-31)23-17-15-21(16-18-23)26-27(33-35-4)24-13-8-9-14-25(24)36-28(26)22-11-6-5-7-12-22/h5-9,11-18H,10,19-20H2,1-4H3,(H,32,34). The van der Waals surface area contributed by atoms with Crippen LogP contribution in [0.25, 0.3) is 33.4 Å². The number of ether oxygens (including phenoxy) is 1. The molecule has 6 heteroatoms. The Bertz CT molecular complexity index is 1480. The number of carbonyl (C=O) groups is 1. The Balaban J connectivity index is 1.61. The van der Waals surface area contributed by atoms with E-state index in [1.54, 1.807) is 7.11 Å². The van der Waals surface area contributed by atoms with Gasteiger partial charge in [0.2, 0.25) is 0 Å². The molecule has 0 aliphatic heterocycles. The number of fused-ring (bicyclic) bond motifs is 1. The van der Waals surface area contributed by atoms with Crippen molar-refractivity contribution in [1.82, 2.24) is 5.32 Å². The second-order valence-corrected chi connectivity index (χ2v) is 10.4. The summed E-state index contributed by atoms with van der Waals surface area (Å²) in [5.41, 5.74) is 3.55. The van der Waals surface area contributed by atoms with E-state index in [9.17, 15) is 4.79 Å². The normalized spacial score (nSPS) is 15.2. The van der Waals surface area contributed by atoms with Gasteiger partial charge in [-0.05, 0) is 63.3 Å². The molecule has 0 bridgehead atoms. The maximum Gasteiger partial charge on any atom is 0.408 e. The zero-order valence-electron chi connectivity index (χ0n) is 21.7. The summed E-state index contributed by atoms with van der Waals surface area (Å²) in [5, 5.41) is 9.15. The molecule has 1 aliphatic carbocycles. The Hall–Kier alpha value is -4.06. The number of alkyl carbamates (subject to hydrolysis) is 1. The SMILES string of the molecule is CON=c1c(-c2ccc(C3(NC(=O)OC(C)(C)C)CCC3)cc2)c(-c2ccccc2)oc2ccccc12. The molecule has 190 valence electrons. The second kappa shape index (κ2) is 9.77. The van der Waals surface area contributed by atoms with Crippen LogP contribution >= 0.6 is 0 Å². The lowest BCUT2D eigenvalue weighted by Gasteiger charge is -2.43. The molecule has 1 aliphatic rings. The lowest BCUT2D eigenvalue weighted by molar-refractivity contribution is 0.0377. The molecule has 1 aromatic heterocycles. The summed E-state index contributed by atoms with van der Waals surface area (Å²) in [5.74, 6) is 0.716. The van der Waals surface area contributed by atoms with Crippen molar-refractivity contribution in [2.24, 2.45) is 5.16 Å². The molecule has 0 unspecified atom stereocenters. The number of hydrogen-bond donors (Lipinski definition) is 1. The van der Waals surface area contributed by atoms with Gasteiger partial charge in [0.1, 0.15) is 29.4 Å². The highest BCUT2D eigenvalue weighted by Gasteiger charge is 2.41. The molecular formula is C31H32N2O4. The zero-order valence-corrected chi connectivity index (χ0v) is 21.7. The van der Waals surface area contributed by atoms with Gasteiger partial charge in [0.05, 0.1) is 11.1 Å². The number of benzene rings is 3. The first-order valence-corrected chi connectivity index (χ1v) is 12.6. The van der Waals surface area contributed by atoms with E-state index >= 15 is 0 Å². The number of amides is 1. The number of nitrogens with one attached hydrogen (secondary N) is 1. The van der Waals surface area contributed by atoms with Crippen molar-refractivity contribution in [2.75, 3.05) is 7.11 Å². The monoisotopic (exact) mass is 496 g/mol. The number of rotatable bonds is 5. The van der Waals surface area contributed by atoms with Crippen LogP contribution in [0.5, 0.6) is 0 Å². The fourth-order valence-electron chi connectivity index (χ4n) is 4.87. The topological polar surface area (TPSA) is 73.1 Å². The van der Waals surface area contributed by atoms with E-state index in [1.165, 1.54) is 0 Å². The molecule has 0 radical (unpaired) electrons. The van der Waals surface area contributed by atoms with Crippen LogP contribution in [-0.2, 0) is 15.1 Å². The number of hydrogen-bond acceptors (Lipinski definition) is 5. The average molecular weight is 497 g/mol. The molecule has 1 saturated carbocycles. The molecule has 1 fully saturated rings. The van der Waals surface area contributed by atoms with E-state index in [-0.39, 0.29) is 0 Å². The molecule has 3 aromatic carbocycles. The zero-order chi connectivity index (χ0) is 26.0. The van der Waals surface area contributed by atoms with E-state index in [0.29, 0.717) is 11.1 Å². The summed E-state index contributed by atoms with van der Waals surface area (Å²) >= 11 is 0. The summed E-state index contributed by atoms with van der Waals surface area (Å²) in [7, 11) is 1.55. The van der Waals surface area contributed by atoms with Crippen molar-refractivity contribution in [3.05, 3.63) is 89.8 Å². The highest BCUT2D eigenvalue weighted by atomic mass is 16.6. The molecule has 1 N–H and O–H groups in total. The summed E-state index contributed by atoms with van der Waals surface area (Å²) in [6.45, 7) is 5.61. The lowest BCUT2D eigenvalue weighted by atomic mass is 9.71. The third-order valence-corrected chi connectivity index (χ3v) is 6.71. The molecule has 1 amide bonds. The summed E-state index contributed by atoms with van der Waals surface area (Å²) in [6.07, 6.45) is 2.40. The van der Waals surface area contributed by atoms with Crippen LogP contribution < -0.4 is 10.7 Å². The van der Waals surface area contributed by atoms with Gasteiger partial charge >= 0.3 is 6.09 Å². The van der Waals surface area contributed by atoms with Crippen LogP contribution in [0.3, 0.4) is 0 Å². The number of para-hydroxylation sites is 1. The van der Waals surface area contributed by atoms with Crippen molar-refractivity contribution in [3.63, 3.8) is 0 Å². The number of carbonyl (C=O) groups excluding carboxylic acids is 1.